The summed E-state index contributed by atoms with van der Waals surface area (Å²) in [5.74, 6) is 0.0450. The zero-order chi connectivity index (χ0) is 15.7. The molecule has 1 atom stereocenters. The topological polar surface area (TPSA) is 20.3 Å². The van der Waals surface area contributed by atoms with Crippen molar-refractivity contribution >= 4 is 38.9 Å². The number of hydrogen-bond acceptors (Lipinski definition) is 2. The van der Waals surface area contributed by atoms with E-state index in [9.17, 15) is 4.79 Å². The van der Waals surface area contributed by atoms with Crippen molar-refractivity contribution in [3.8, 4) is 0 Å². The lowest BCUT2D eigenvalue weighted by atomic mass is 10.1. The van der Waals surface area contributed by atoms with Crippen LogP contribution in [0, 0.1) is 0 Å². The Kier molecular flexibility index (Phi) is 4.19. The largest absolute Gasteiger partial charge is 0.334 e. The van der Waals surface area contributed by atoms with E-state index in [1.807, 2.05) is 68.6 Å². The van der Waals surface area contributed by atoms with Crippen LogP contribution in [0.2, 0.25) is 5.02 Å². The van der Waals surface area contributed by atoms with E-state index in [1.165, 1.54) is 11.3 Å². The molecule has 1 unspecified atom stereocenters. The van der Waals surface area contributed by atoms with Gasteiger partial charge in [-0.2, -0.15) is 0 Å². The molecular formula is C18H16ClNOS. The van der Waals surface area contributed by atoms with Gasteiger partial charge >= 0.3 is 0 Å². The van der Waals surface area contributed by atoms with Gasteiger partial charge in [-0.15, -0.1) is 11.3 Å². The first-order valence-electron chi connectivity index (χ1n) is 7.07. The summed E-state index contributed by atoms with van der Waals surface area (Å²) in [6.45, 7) is 2.02. The molecule has 0 radical (unpaired) electrons. The van der Waals surface area contributed by atoms with E-state index in [4.69, 9.17) is 11.6 Å². The summed E-state index contributed by atoms with van der Waals surface area (Å²) >= 11 is 7.46. The van der Waals surface area contributed by atoms with Crippen LogP contribution in [0.3, 0.4) is 0 Å². The van der Waals surface area contributed by atoms with Gasteiger partial charge in [0.1, 0.15) is 0 Å². The molecule has 0 saturated carbocycles. The molecule has 2 aromatic carbocycles. The zero-order valence-electron chi connectivity index (χ0n) is 12.4. The quantitative estimate of drug-likeness (QED) is 0.631. The maximum atomic E-state index is 12.7. The highest BCUT2D eigenvalue weighted by molar-refractivity contribution is 7.20. The molecule has 4 heteroatoms. The third kappa shape index (κ3) is 2.87. The average molecular weight is 330 g/mol. The molecule has 1 amide bonds. The lowest BCUT2D eigenvalue weighted by Crippen LogP contribution is -2.29. The molecule has 0 aliphatic rings. The van der Waals surface area contributed by atoms with E-state index < -0.39 is 0 Å². The van der Waals surface area contributed by atoms with Crippen LogP contribution in [-0.4, -0.2) is 17.9 Å². The summed E-state index contributed by atoms with van der Waals surface area (Å²) in [5.41, 5.74) is 1.07. The number of benzene rings is 2. The highest BCUT2D eigenvalue weighted by atomic mass is 35.5. The number of nitrogens with zero attached hydrogens (tertiary/aromatic N) is 1. The summed E-state index contributed by atoms with van der Waals surface area (Å²) in [6.07, 6.45) is 0. The summed E-state index contributed by atoms with van der Waals surface area (Å²) in [7, 11) is 1.84. The summed E-state index contributed by atoms with van der Waals surface area (Å²) in [4.78, 5) is 15.2. The molecule has 3 rings (SSSR count). The third-order valence-electron chi connectivity index (χ3n) is 3.89. The van der Waals surface area contributed by atoms with Crippen LogP contribution >= 0.6 is 22.9 Å². The number of amides is 1. The Hall–Kier alpha value is -1.84. The molecule has 0 aliphatic carbocycles. The molecule has 0 saturated heterocycles. The number of rotatable bonds is 3. The lowest BCUT2D eigenvalue weighted by molar-refractivity contribution is 0.0747. The Balaban J connectivity index is 1.85. The summed E-state index contributed by atoms with van der Waals surface area (Å²) < 4.78 is 1.14. The number of thiophene rings is 1. The second-order valence-electron chi connectivity index (χ2n) is 5.29. The number of carbonyl (C=O) groups excluding carboxylic acids is 1. The van der Waals surface area contributed by atoms with E-state index in [1.54, 1.807) is 4.90 Å². The van der Waals surface area contributed by atoms with E-state index in [-0.39, 0.29) is 11.9 Å². The Bertz CT molecular complexity index is 776. The minimum Gasteiger partial charge on any atom is -0.334 e. The van der Waals surface area contributed by atoms with Gasteiger partial charge in [-0.1, -0.05) is 41.9 Å². The second kappa shape index (κ2) is 6.11. The molecule has 112 valence electrons. The van der Waals surface area contributed by atoms with Gasteiger partial charge in [0, 0.05) is 16.8 Å². The highest BCUT2D eigenvalue weighted by Gasteiger charge is 2.20. The van der Waals surface area contributed by atoms with Crippen molar-refractivity contribution in [3.63, 3.8) is 0 Å². The van der Waals surface area contributed by atoms with Crippen molar-refractivity contribution in [1.29, 1.82) is 0 Å². The predicted molar refractivity (Wildman–Crippen MR) is 93.8 cm³/mol. The fraction of sp³-hybridized carbons (Fsp3) is 0.167. The van der Waals surface area contributed by atoms with Gasteiger partial charge in [-0.05, 0) is 42.1 Å². The van der Waals surface area contributed by atoms with Crippen LogP contribution in [-0.2, 0) is 0 Å². The number of hydrogen-bond donors (Lipinski definition) is 0. The normalized spacial score (nSPS) is 12.3. The first-order valence-corrected chi connectivity index (χ1v) is 8.27. The van der Waals surface area contributed by atoms with Crippen molar-refractivity contribution in [3.05, 3.63) is 70.1 Å². The van der Waals surface area contributed by atoms with E-state index >= 15 is 0 Å². The molecule has 22 heavy (non-hydrogen) atoms. The minimum atomic E-state index is -0.00465. The van der Waals surface area contributed by atoms with Crippen LogP contribution in [0.1, 0.15) is 28.2 Å². The fourth-order valence-electron chi connectivity index (χ4n) is 2.40. The Morgan fingerprint density at radius 1 is 1.14 bits per heavy atom. The first-order chi connectivity index (χ1) is 10.6. The lowest BCUT2D eigenvalue weighted by Gasteiger charge is -2.25. The summed E-state index contributed by atoms with van der Waals surface area (Å²) in [5, 5.41) is 1.82. The molecule has 0 fully saturated rings. The maximum absolute atomic E-state index is 12.7. The standard InChI is InChI=1S/C18H16ClNOS/c1-12(13-7-9-15(19)10-8-13)20(2)18(21)17-11-14-5-3-4-6-16(14)22-17/h3-12H,1-2H3. The molecule has 1 aromatic heterocycles. The molecular weight excluding hydrogens is 314 g/mol. The van der Waals surface area contributed by atoms with Gasteiger partial charge in [0.25, 0.3) is 5.91 Å². The van der Waals surface area contributed by atoms with Crippen molar-refractivity contribution in [2.75, 3.05) is 7.05 Å². The Morgan fingerprint density at radius 2 is 1.82 bits per heavy atom. The SMILES string of the molecule is CC(c1ccc(Cl)cc1)N(C)C(=O)c1cc2ccccc2s1. The molecule has 2 nitrogen and oxygen atoms in total. The van der Waals surface area contributed by atoms with Crippen molar-refractivity contribution < 1.29 is 4.79 Å². The van der Waals surface area contributed by atoms with Crippen LogP contribution in [0.25, 0.3) is 10.1 Å². The third-order valence-corrected chi connectivity index (χ3v) is 5.25. The van der Waals surface area contributed by atoms with Crippen molar-refractivity contribution in [1.82, 2.24) is 4.90 Å². The number of carbonyl (C=O) groups is 1. The monoisotopic (exact) mass is 329 g/mol. The van der Waals surface area contributed by atoms with Crippen molar-refractivity contribution in [2.24, 2.45) is 0 Å². The molecule has 0 spiro atoms. The maximum Gasteiger partial charge on any atom is 0.264 e. The fourth-order valence-corrected chi connectivity index (χ4v) is 3.57. The second-order valence-corrected chi connectivity index (χ2v) is 6.81. The van der Waals surface area contributed by atoms with Crippen LogP contribution in [0.4, 0.5) is 0 Å². The molecule has 3 aromatic rings. The van der Waals surface area contributed by atoms with Gasteiger partial charge < -0.3 is 4.90 Å². The van der Waals surface area contributed by atoms with Gasteiger partial charge in [-0.3, -0.25) is 4.79 Å². The van der Waals surface area contributed by atoms with E-state index in [0.29, 0.717) is 5.02 Å². The van der Waals surface area contributed by atoms with Gasteiger partial charge in [0.05, 0.1) is 10.9 Å². The smallest absolute Gasteiger partial charge is 0.264 e. The van der Waals surface area contributed by atoms with Gasteiger partial charge in [-0.25, -0.2) is 0 Å². The number of fused-ring (bicyclic) bond motifs is 1. The van der Waals surface area contributed by atoms with Crippen LogP contribution < -0.4 is 0 Å². The number of halogens is 1. The first kappa shape index (κ1) is 15.1. The molecule has 0 N–H and O–H groups in total. The van der Waals surface area contributed by atoms with Gasteiger partial charge in [0.2, 0.25) is 0 Å². The van der Waals surface area contributed by atoms with Crippen LogP contribution in [0.5, 0.6) is 0 Å². The molecule has 1 heterocycles. The van der Waals surface area contributed by atoms with Crippen LogP contribution in [0.15, 0.2) is 54.6 Å². The van der Waals surface area contributed by atoms with Gasteiger partial charge in [0.15, 0.2) is 0 Å². The molecule has 0 aliphatic heterocycles. The Labute approximate surface area is 138 Å². The average Bonchev–Trinajstić information content (AvgIpc) is 2.97. The predicted octanol–water partition coefficient (Wildman–Crippen LogP) is 5.39. The van der Waals surface area contributed by atoms with Crippen molar-refractivity contribution in [2.45, 2.75) is 13.0 Å². The van der Waals surface area contributed by atoms with E-state index in [0.717, 1.165) is 20.5 Å². The Morgan fingerprint density at radius 3 is 2.50 bits per heavy atom. The zero-order valence-corrected chi connectivity index (χ0v) is 14.0. The van der Waals surface area contributed by atoms with E-state index in [2.05, 4.69) is 0 Å². The molecule has 0 bridgehead atoms. The highest BCUT2D eigenvalue weighted by Crippen LogP contribution is 2.28. The minimum absolute atomic E-state index is 0.00465. The summed E-state index contributed by atoms with van der Waals surface area (Å²) in [6, 6.07) is 17.6.